The summed E-state index contributed by atoms with van der Waals surface area (Å²) >= 11 is 0. The zero-order valence-electron chi connectivity index (χ0n) is 17.5. The molecule has 27 heavy (non-hydrogen) atoms. The third-order valence-electron chi connectivity index (χ3n) is 4.01. The van der Waals surface area contributed by atoms with Crippen molar-refractivity contribution in [3.05, 3.63) is 12.2 Å². The van der Waals surface area contributed by atoms with Crippen molar-refractivity contribution in [3.8, 4) is 0 Å². The first kappa shape index (κ1) is 30.8. The van der Waals surface area contributed by atoms with Crippen molar-refractivity contribution in [2.24, 2.45) is 0 Å². The summed E-state index contributed by atoms with van der Waals surface area (Å²) in [5.41, 5.74) is 0. The average molecular weight is 409 g/mol. The smallest absolute Gasteiger partial charge is 0.344 e. The van der Waals surface area contributed by atoms with Crippen molar-refractivity contribution in [2.45, 2.75) is 104 Å². The van der Waals surface area contributed by atoms with E-state index >= 15 is 0 Å². The molecular weight excluding hydrogens is 366 g/mol. The molecule has 7 heteroatoms. The first-order valence-electron chi connectivity index (χ1n) is 10.1. The lowest BCUT2D eigenvalue weighted by atomic mass is 10.1. The van der Waals surface area contributed by atoms with Crippen LogP contribution in [0.5, 0.6) is 0 Å². The first-order chi connectivity index (χ1) is 12.3. The third kappa shape index (κ3) is 36.7. The Hall–Kier alpha value is -0.920. The van der Waals surface area contributed by atoms with E-state index in [4.69, 9.17) is 4.55 Å². The van der Waals surface area contributed by atoms with Crippen LogP contribution in [0.15, 0.2) is 12.2 Å². The molecule has 0 rings (SSSR count). The minimum atomic E-state index is -3.66. The first-order valence-corrected chi connectivity index (χ1v) is 11.7. The molecule has 0 amide bonds. The van der Waals surface area contributed by atoms with Crippen LogP contribution in [0, 0.1) is 0 Å². The number of carbonyl (C=O) groups is 1. The summed E-state index contributed by atoms with van der Waals surface area (Å²) in [6.07, 6.45) is 20.9. The van der Waals surface area contributed by atoms with Crippen LogP contribution >= 0.6 is 0 Å². The van der Waals surface area contributed by atoms with Crippen LogP contribution in [0.3, 0.4) is 0 Å². The highest BCUT2D eigenvalue weighted by atomic mass is 32.2. The van der Waals surface area contributed by atoms with Gasteiger partial charge in [-0.2, -0.15) is 8.42 Å². The molecule has 0 aliphatic carbocycles. The fourth-order valence-corrected chi connectivity index (χ4v) is 2.34. The molecule has 6 nitrogen and oxygen atoms in total. The van der Waals surface area contributed by atoms with Gasteiger partial charge in [-0.3, -0.25) is 4.55 Å². The van der Waals surface area contributed by atoms with Crippen LogP contribution in [-0.4, -0.2) is 24.7 Å². The Morgan fingerprint density at radius 3 is 1.52 bits per heavy atom. The molecule has 0 spiro atoms. The van der Waals surface area contributed by atoms with Gasteiger partial charge >= 0.3 is 5.97 Å². The molecule has 0 atom stereocenters. The second-order valence-corrected chi connectivity index (χ2v) is 8.32. The van der Waals surface area contributed by atoms with Gasteiger partial charge in [-0.15, -0.1) is 0 Å². The molecule has 0 fully saturated rings. The molecule has 0 heterocycles. The molecular formula is C20H42NO5S. The van der Waals surface area contributed by atoms with E-state index in [2.05, 4.69) is 19.1 Å². The zero-order chi connectivity index (χ0) is 20.1. The summed E-state index contributed by atoms with van der Waals surface area (Å²) in [6, 6.07) is 0. The summed E-state index contributed by atoms with van der Waals surface area (Å²) < 4.78 is 26.9. The molecule has 0 aromatic rings. The standard InChI is InChI=1S/C18H33O2.C2H6O3S.H3N/c1-2-3-4-5-6-7-8-9-10-11-12-13-14-15-16-17-18(19)20;1-2-6(3,4)5;/h9-10H,2-8,11-17H2,1H3;2H2,1H3,(H,3,4,5);1H3/b10-9-;;. The molecule has 4 N–H and O–H groups in total. The SMILES string of the molecule is CCCCCCCC/C=C\CCCCCCCC([O])=O.CCS(=O)(=O)O.N. The van der Waals surface area contributed by atoms with Gasteiger partial charge in [0.25, 0.3) is 10.1 Å². The molecule has 0 aliphatic rings. The van der Waals surface area contributed by atoms with Crippen LogP contribution in [0.1, 0.15) is 104 Å². The number of unbranched alkanes of at least 4 members (excludes halogenated alkanes) is 11. The maximum Gasteiger partial charge on any atom is 0.355 e. The highest BCUT2D eigenvalue weighted by molar-refractivity contribution is 7.85. The zero-order valence-corrected chi connectivity index (χ0v) is 18.3. The number of hydrogen-bond donors (Lipinski definition) is 2. The Morgan fingerprint density at radius 2 is 1.15 bits per heavy atom. The average Bonchev–Trinajstić information content (AvgIpc) is 2.58. The van der Waals surface area contributed by atoms with Gasteiger partial charge < -0.3 is 6.15 Å². The lowest BCUT2D eigenvalue weighted by Crippen LogP contribution is -1.97. The molecule has 0 saturated heterocycles. The summed E-state index contributed by atoms with van der Waals surface area (Å²) in [5.74, 6) is -1.12. The van der Waals surface area contributed by atoms with Crippen molar-refractivity contribution in [3.63, 3.8) is 0 Å². The summed E-state index contributed by atoms with van der Waals surface area (Å²) in [4.78, 5) is 10.2. The van der Waals surface area contributed by atoms with Gasteiger partial charge in [0.15, 0.2) is 0 Å². The van der Waals surface area contributed by atoms with Gasteiger partial charge in [-0.05, 0) is 39.0 Å². The van der Waals surface area contributed by atoms with Crippen molar-refractivity contribution in [1.29, 1.82) is 0 Å². The Balaban J connectivity index is -0.000000709. The monoisotopic (exact) mass is 408 g/mol. The van der Waals surface area contributed by atoms with Crippen LogP contribution < -0.4 is 6.15 Å². The van der Waals surface area contributed by atoms with Gasteiger partial charge in [-0.1, -0.05) is 70.4 Å². The quantitative estimate of drug-likeness (QED) is 0.183. The van der Waals surface area contributed by atoms with Crippen LogP contribution in [0.25, 0.3) is 0 Å². The Morgan fingerprint density at radius 1 is 0.778 bits per heavy atom. The lowest BCUT2D eigenvalue weighted by molar-refractivity contribution is -0.143. The van der Waals surface area contributed by atoms with E-state index in [0.717, 1.165) is 19.3 Å². The Bertz CT molecular complexity index is 436. The largest absolute Gasteiger partial charge is 0.355 e. The summed E-state index contributed by atoms with van der Waals surface area (Å²) in [6.45, 7) is 3.63. The van der Waals surface area contributed by atoms with E-state index in [9.17, 15) is 18.3 Å². The molecule has 1 radical (unpaired) electrons. The molecule has 0 aromatic heterocycles. The fourth-order valence-electron chi connectivity index (χ4n) is 2.34. The summed E-state index contributed by atoms with van der Waals surface area (Å²) in [7, 11) is -3.66. The molecule has 0 saturated carbocycles. The maximum absolute atomic E-state index is 10.2. The van der Waals surface area contributed by atoms with Gasteiger partial charge in [0.1, 0.15) is 0 Å². The summed E-state index contributed by atoms with van der Waals surface area (Å²) in [5, 5.41) is 10.2. The van der Waals surface area contributed by atoms with Gasteiger partial charge in [-0.25, -0.2) is 9.90 Å². The number of rotatable bonds is 16. The number of carbonyl (C=O) groups excluding carboxylic acids is 1. The van der Waals surface area contributed by atoms with E-state index in [1.807, 2.05) is 0 Å². The predicted molar refractivity (Wildman–Crippen MR) is 112 cm³/mol. The maximum atomic E-state index is 10.2. The lowest BCUT2D eigenvalue weighted by Gasteiger charge is -1.99. The minimum Gasteiger partial charge on any atom is -0.344 e. The highest BCUT2D eigenvalue weighted by Gasteiger charge is 1.98. The Labute approximate surface area is 167 Å². The number of allylic oxidation sites excluding steroid dienone is 2. The normalized spacial score (nSPS) is 10.9. The van der Waals surface area contributed by atoms with E-state index in [0.29, 0.717) is 0 Å². The van der Waals surface area contributed by atoms with Crippen molar-refractivity contribution in [1.82, 2.24) is 6.15 Å². The van der Waals surface area contributed by atoms with E-state index in [1.54, 1.807) is 0 Å². The van der Waals surface area contributed by atoms with Crippen LogP contribution in [0.2, 0.25) is 0 Å². The van der Waals surface area contributed by atoms with Gasteiger partial charge in [0.05, 0.1) is 12.2 Å². The van der Waals surface area contributed by atoms with Crippen molar-refractivity contribution >= 4 is 16.1 Å². The second kappa shape index (κ2) is 23.1. The van der Waals surface area contributed by atoms with E-state index in [1.165, 1.54) is 71.1 Å². The van der Waals surface area contributed by atoms with Gasteiger partial charge in [0, 0.05) is 0 Å². The molecule has 0 unspecified atom stereocenters. The molecule has 0 aromatic carbocycles. The third-order valence-corrected chi connectivity index (χ3v) is 4.74. The predicted octanol–water partition coefficient (Wildman–Crippen LogP) is 6.04. The fraction of sp³-hybridized carbons (Fsp3) is 0.850. The van der Waals surface area contributed by atoms with Gasteiger partial charge in [0.2, 0.25) is 0 Å². The molecule has 163 valence electrons. The topological polar surface area (TPSA) is 126 Å². The number of hydrogen-bond acceptors (Lipinski definition) is 4. The van der Waals surface area contributed by atoms with E-state index in [-0.39, 0.29) is 18.3 Å². The van der Waals surface area contributed by atoms with Crippen LogP contribution in [-0.2, 0) is 20.0 Å². The highest BCUT2D eigenvalue weighted by Crippen LogP contribution is 2.09. The minimum absolute atomic E-state index is 0. The van der Waals surface area contributed by atoms with Crippen LogP contribution in [0.4, 0.5) is 0 Å². The van der Waals surface area contributed by atoms with Crippen molar-refractivity contribution < 1.29 is 22.9 Å². The molecule has 0 aliphatic heterocycles. The van der Waals surface area contributed by atoms with E-state index < -0.39 is 16.1 Å². The Kier molecular flexibility index (Phi) is 26.4. The second-order valence-electron chi connectivity index (χ2n) is 6.58. The molecule has 0 bridgehead atoms. The van der Waals surface area contributed by atoms with Crippen molar-refractivity contribution in [2.75, 3.05) is 5.75 Å².